The highest BCUT2D eigenvalue weighted by atomic mass is 32.1. The van der Waals surface area contributed by atoms with Gasteiger partial charge in [0.1, 0.15) is 29.1 Å². The lowest BCUT2D eigenvalue weighted by Crippen LogP contribution is -1.96. The minimum absolute atomic E-state index is 0.662. The smallest absolute Gasteiger partial charge is 0.231 e. The second kappa shape index (κ2) is 5.63. The molecule has 3 heterocycles. The van der Waals surface area contributed by atoms with Crippen molar-refractivity contribution >= 4 is 21.6 Å². The molecule has 6 nitrogen and oxygen atoms in total. The molecule has 5 rings (SSSR count). The van der Waals surface area contributed by atoms with Crippen molar-refractivity contribution in [2.75, 3.05) is 0 Å². The molecule has 25 heavy (non-hydrogen) atoms. The van der Waals surface area contributed by atoms with E-state index in [0.29, 0.717) is 5.88 Å². The summed E-state index contributed by atoms with van der Waals surface area (Å²) in [6.07, 6.45) is 6.62. The molecule has 1 aliphatic rings. The Morgan fingerprint density at radius 1 is 1.12 bits per heavy atom. The second-order valence-corrected chi connectivity index (χ2v) is 7.13. The summed E-state index contributed by atoms with van der Waals surface area (Å²) < 4.78 is 7.85. The Kier molecular flexibility index (Phi) is 3.27. The van der Waals surface area contributed by atoms with Gasteiger partial charge in [-0.2, -0.15) is 10.1 Å². The van der Waals surface area contributed by atoms with Gasteiger partial charge in [0, 0.05) is 4.88 Å². The zero-order chi connectivity index (χ0) is 16.8. The summed E-state index contributed by atoms with van der Waals surface area (Å²) in [4.78, 5) is 15.6. The molecule has 7 heteroatoms. The summed E-state index contributed by atoms with van der Waals surface area (Å²) in [5.74, 6) is 2.15. The first-order chi connectivity index (χ1) is 12.3. The summed E-state index contributed by atoms with van der Waals surface area (Å²) in [7, 11) is 0. The van der Waals surface area contributed by atoms with Crippen LogP contribution in [-0.4, -0.2) is 24.7 Å². The Morgan fingerprint density at radius 3 is 2.80 bits per heavy atom. The van der Waals surface area contributed by atoms with Crippen LogP contribution in [0.3, 0.4) is 0 Å². The van der Waals surface area contributed by atoms with Crippen molar-refractivity contribution in [3.8, 4) is 17.3 Å². The Hall–Kier alpha value is -2.80. The van der Waals surface area contributed by atoms with Gasteiger partial charge in [-0.05, 0) is 56.0 Å². The molecule has 0 spiro atoms. The third-order valence-corrected chi connectivity index (χ3v) is 5.56. The Labute approximate surface area is 148 Å². The van der Waals surface area contributed by atoms with Crippen LogP contribution in [0.2, 0.25) is 0 Å². The van der Waals surface area contributed by atoms with Crippen LogP contribution < -0.4 is 4.74 Å². The number of benzene rings is 1. The number of ether oxygens (including phenoxy) is 1. The van der Waals surface area contributed by atoms with Crippen molar-refractivity contribution in [3.63, 3.8) is 0 Å². The Balaban J connectivity index is 1.53. The first kappa shape index (κ1) is 14.5. The highest BCUT2D eigenvalue weighted by molar-refractivity contribution is 7.19. The van der Waals surface area contributed by atoms with Crippen molar-refractivity contribution in [2.45, 2.75) is 26.2 Å². The van der Waals surface area contributed by atoms with Crippen LogP contribution in [0.1, 0.15) is 22.7 Å². The van der Waals surface area contributed by atoms with Crippen LogP contribution in [0, 0.1) is 6.92 Å². The van der Waals surface area contributed by atoms with Crippen LogP contribution in [0.4, 0.5) is 0 Å². The molecule has 0 amide bonds. The molecular weight excluding hydrogens is 334 g/mol. The summed E-state index contributed by atoms with van der Waals surface area (Å²) >= 11 is 1.78. The van der Waals surface area contributed by atoms with Crippen LogP contribution in [0.15, 0.2) is 36.9 Å². The normalized spacial score (nSPS) is 13.3. The molecule has 0 saturated carbocycles. The second-order valence-electron chi connectivity index (χ2n) is 6.05. The van der Waals surface area contributed by atoms with E-state index in [1.165, 1.54) is 23.2 Å². The van der Waals surface area contributed by atoms with E-state index in [1.54, 1.807) is 22.3 Å². The molecule has 0 radical (unpaired) electrons. The fourth-order valence-electron chi connectivity index (χ4n) is 3.26. The Morgan fingerprint density at radius 2 is 2.00 bits per heavy atom. The molecule has 1 aliphatic carbocycles. The van der Waals surface area contributed by atoms with E-state index in [4.69, 9.17) is 4.74 Å². The number of aromatic nitrogens is 5. The number of rotatable bonds is 3. The van der Waals surface area contributed by atoms with Gasteiger partial charge in [-0.15, -0.1) is 11.3 Å². The predicted octanol–water partition coefficient (Wildman–Crippen LogP) is 3.86. The molecule has 1 aromatic carbocycles. The van der Waals surface area contributed by atoms with E-state index in [0.717, 1.165) is 40.3 Å². The molecule has 124 valence electrons. The van der Waals surface area contributed by atoms with E-state index in [2.05, 4.69) is 20.1 Å². The average Bonchev–Trinajstić information content (AvgIpc) is 3.32. The molecule has 0 fully saturated rings. The van der Waals surface area contributed by atoms with Crippen LogP contribution in [-0.2, 0) is 12.8 Å². The quantitative estimate of drug-likeness (QED) is 0.562. The summed E-state index contributed by atoms with van der Waals surface area (Å²) in [6.45, 7) is 1.91. The summed E-state index contributed by atoms with van der Waals surface area (Å²) in [5, 5.41) is 5.22. The van der Waals surface area contributed by atoms with E-state index in [1.807, 2.05) is 31.2 Å². The number of thiophene rings is 1. The maximum absolute atomic E-state index is 6.14. The monoisotopic (exact) mass is 349 g/mol. The summed E-state index contributed by atoms with van der Waals surface area (Å²) in [6, 6.07) is 7.75. The number of aryl methyl sites for hydroxylation is 3. The van der Waals surface area contributed by atoms with Crippen molar-refractivity contribution < 1.29 is 4.74 Å². The van der Waals surface area contributed by atoms with Gasteiger partial charge in [-0.25, -0.2) is 14.6 Å². The maximum atomic E-state index is 6.14. The van der Waals surface area contributed by atoms with E-state index in [-0.39, 0.29) is 0 Å². The average molecular weight is 349 g/mol. The van der Waals surface area contributed by atoms with Gasteiger partial charge in [-0.1, -0.05) is 0 Å². The predicted molar refractivity (Wildman–Crippen MR) is 95.6 cm³/mol. The van der Waals surface area contributed by atoms with Crippen LogP contribution >= 0.6 is 11.3 Å². The molecule has 0 unspecified atom stereocenters. The number of hydrogen-bond acceptors (Lipinski definition) is 6. The molecule has 0 aliphatic heterocycles. The number of fused-ring (bicyclic) bond motifs is 3. The van der Waals surface area contributed by atoms with Crippen LogP contribution in [0.5, 0.6) is 11.6 Å². The van der Waals surface area contributed by atoms with E-state index in [9.17, 15) is 0 Å². The van der Waals surface area contributed by atoms with Gasteiger partial charge in [0.2, 0.25) is 5.88 Å². The van der Waals surface area contributed by atoms with Gasteiger partial charge < -0.3 is 4.74 Å². The topological polar surface area (TPSA) is 65.7 Å². The first-order valence-electron chi connectivity index (χ1n) is 8.20. The number of hydrogen-bond donors (Lipinski definition) is 0. The van der Waals surface area contributed by atoms with Gasteiger partial charge in [-0.3, -0.25) is 0 Å². The lowest BCUT2D eigenvalue weighted by molar-refractivity contribution is 0.466. The fraction of sp³-hybridized carbons (Fsp3) is 0.222. The number of nitrogens with zero attached hydrogens (tertiary/aromatic N) is 5. The molecule has 0 bridgehead atoms. The molecule has 0 saturated heterocycles. The lowest BCUT2D eigenvalue weighted by Gasteiger charge is -2.09. The van der Waals surface area contributed by atoms with Crippen molar-refractivity contribution in [1.82, 2.24) is 24.7 Å². The van der Waals surface area contributed by atoms with Gasteiger partial charge in [0.25, 0.3) is 0 Å². The lowest BCUT2D eigenvalue weighted by atomic mass is 10.2. The largest absolute Gasteiger partial charge is 0.438 e. The molecular formula is C18H15N5OS. The third-order valence-electron chi connectivity index (χ3n) is 4.38. The first-order valence-corrected chi connectivity index (χ1v) is 9.01. The minimum Gasteiger partial charge on any atom is -0.438 e. The summed E-state index contributed by atoms with van der Waals surface area (Å²) in [5.41, 5.74) is 2.31. The van der Waals surface area contributed by atoms with Gasteiger partial charge >= 0.3 is 0 Å². The highest BCUT2D eigenvalue weighted by Crippen LogP contribution is 2.41. The van der Waals surface area contributed by atoms with Gasteiger partial charge in [0.05, 0.1) is 11.1 Å². The standard InChI is InChI=1S/C18H15N5OS/c1-11-21-17(16-14-3-2-4-15(14)25-18(16)22-11)24-13-7-5-12(6-8-13)23-10-19-9-20-23/h5-10H,2-4H2,1H3. The van der Waals surface area contributed by atoms with Crippen molar-refractivity contribution in [1.29, 1.82) is 0 Å². The minimum atomic E-state index is 0.662. The fourth-order valence-corrected chi connectivity index (χ4v) is 4.56. The van der Waals surface area contributed by atoms with E-state index < -0.39 is 0 Å². The molecule has 0 atom stereocenters. The third kappa shape index (κ3) is 2.47. The SMILES string of the molecule is Cc1nc(Oc2ccc(-n3cncn3)cc2)c2c3c(sc2n1)CCC3. The van der Waals surface area contributed by atoms with Crippen LogP contribution in [0.25, 0.3) is 15.9 Å². The zero-order valence-corrected chi connectivity index (χ0v) is 14.5. The van der Waals surface area contributed by atoms with E-state index >= 15 is 0 Å². The maximum Gasteiger partial charge on any atom is 0.231 e. The molecule has 3 aromatic heterocycles. The highest BCUT2D eigenvalue weighted by Gasteiger charge is 2.22. The van der Waals surface area contributed by atoms with Gasteiger partial charge in [0.15, 0.2) is 0 Å². The van der Waals surface area contributed by atoms with Crippen molar-refractivity contribution in [3.05, 3.63) is 53.2 Å². The molecule has 0 N–H and O–H groups in total. The molecule has 4 aromatic rings. The van der Waals surface area contributed by atoms with Crippen molar-refractivity contribution in [2.24, 2.45) is 0 Å². The Bertz CT molecular complexity index is 1050. The zero-order valence-electron chi connectivity index (χ0n) is 13.6.